The first kappa shape index (κ1) is 29.4. The lowest BCUT2D eigenvalue weighted by molar-refractivity contribution is -0.155. The number of carbonyl (C=O) groups is 1. The minimum absolute atomic E-state index is 0.258. The van der Waals surface area contributed by atoms with Gasteiger partial charge in [0.15, 0.2) is 5.79 Å². The van der Waals surface area contributed by atoms with Gasteiger partial charge in [0.2, 0.25) is 0 Å². The molecule has 0 unspecified atom stereocenters. The van der Waals surface area contributed by atoms with Crippen molar-refractivity contribution in [2.45, 2.75) is 84.2 Å². The fraction of sp³-hybridized carbons (Fsp3) is 0.667. The fourth-order valence-electron chi connectivity index (χ4n) is 4.58. The number of rotatable bonds is 6. The summed E-state index contributed by atoms with van der Waals surface area (Å²) >= 11 is 6.20. The van der Waals surface area contributed by atoms with Gasteiger partial charge in [-0.2, -0.15) is 0 Å². The van der Waals surface area contributed by atoms with E-state index in [0.717, 1.165) is 56.4 Å². The monoisotopic (exact) mass is 535 g/mol. The van der Waals surface area contributed by atoms with Gasteiger partial charge in [-0.05, 0) is 90.8 Å². The standard InChI is InChI=1S/C23H32ClN5O2.C4H10O2/c1-23(2,3)31-22(30)28-9-4-5-17(14-28)13-25-12-16-6-7-18(11-16)29-10-8-19-20(24)26-15-27-21(19)29;1-4(2,5)6-3/h8,10,14-16,18,25H,4-7,9,11-13H2,1-3H3;5H,1-3H3/t16-,18+;/m1./s1. The number of fused-ring (bicyclic) bond motifs is 1. The number of methoxy groups -OCH3 is 1. The van der Waals surface area contributed by atoms with Gasteiger partial charge in [-0.1, -0.05) is 11.6 Å². The third-order valence-electron chi connectivity index (χ3n) is 6.52. The van der Waals surface area contributed by atoms with Crippen molar-refractivity contribution in [3.05, 3.63) is 35.5 Å². The number of hydrogen-bond acceptors (Lipinski definition) is 7. The van der Waals surface area contributed by atoms with Crippen molar-refractivity contribution in [3.8, 4) is 0 Å². The molecule has 1 amide bonds. The van der Waals surface area contributed by atoms with Gasteiger partial charge >= 0.3 is 6.09 Å². The molecule has 2 atom stereocenters. The van der Waals surface area contributed by atoms with Crippen LogP contribution < -0.4 is 5.32 Å². The van der Waals surface area contributed by atoms with Gasteiger partial charge in [0.05, 0.1) is 5.39 Å². The number of aliphatic hydroxyl groups is 1. The molecule has 37 heavy (non-hydrogen) atoms. The highest BCUT2D eigenvalue weighted by atomic mass is 35.5. The lowest BCUT2D eigenvalue weighted by Gasteiger charge is -2.28. The van der Waals surface area contributed by atoms with Crippen molar-refractivity contribution in [3.63, 3.8) is 0 Å². The van der Waals surface area contributed by atoms with Crippen LogP contribution in [0.1, 0.15) is 72.8 Å². The Morgan fingerprint density at radius 2 is 1.97 bits per heavy atom. The number of nitrogens with zero attached hydrogens (tertiary/aromatic N) is 4. The van der Waals surface area contributed by atoms with Crippen molar-refractivity contribution in [1.82, 2.24) is 24.8 Å². The van der Waals surface area contributed by atoms with E-state index >= 15 is 0 Å². The predicted molar refractivity (Wildman–Crippen MR) is 145 cm³/mol. The molecule has 2 aliphatic rings. The first-order valence-electron chi connectivity index (χ1n) is 13.0. The highest BCUT2D eigenvalue weighted by molar-refractivity contribution is 6.33. The highest BCUT2D eigenvalue weighted by Crippen LogP contribution is 2.36. The maximum absolute atomic E-state index is 12.3. The second-order valence-corrected chi connectivity index (χ2v) is 11.7. The molecule has 0 bridgehead atoms. The van der Waals surface area contributed by atoms with Crippen molar-refractivity contribution >= 4 is 28.7 Å². The lowest BCUT2D eigenvalue weighted by Crippen LogP contribution is -2.36. The van der Waals surface area contributed by atoms with Gasteiger partial charge in [0.1, 0.15) is 22.7 Å². The van der Waals surface area contributed by atoms with Crippen LogP contribution in [-0.2, 0) is 9.47 Å². The summed E-state index contributed by atoms with van der Waals surface area (Å²) in [6.07, 6.45) is 10.8. The third kappa shape index (κ3) is 8.95. The predicted octanol–water partition coefficient (Wildman–Crippen LogP) is 5.29. The lowest BCUT2D eigenvalue weighted by atomic mass is 10.1. The van der Waals surface area contributed by atoms with Gasteiger partial charge in [-0.25, -0.2) is 14.8 Å². The van der Waals surface area contributed by atoms with E-state index in [2.05, 4.69) is 30.8 Å². The summed E-state index contributed by atoms with van der Waals surface area (Å²) in [4.78, 5) is 22.5. The van der Waals surface area contributed by atoms with Gasteiger partial charge in [-0.3, -0.25) is 4.90 Å². The molecule has 9 nitrogen and oxygen atoms in total. The van der Waals surface area contributed by atoms with Crippen LogP contribution in [0, 0.1) is 5.92 Å². The molecule has 0 spiro atoms. The third-order valence-corrected chi connectivity index (χ3v) is 6.82. The zero-order valence-electron chi connectivity index (χ0n) is 23.0. The molecular formula is C27H42ClN5O4. The Kier molecular flexibility index (Phi) is 9.97. The van der Waals surface area contributed by atoms with Crippen molar-refractivity contribution in [2.24, 2.45) is 5.92 Å². The molecule has 0 radical (unpaired) electrons. The van der Waals surface area contributed by atoms with Crippen LogP contribution in [0.5, 0.6) is 0 Å². The Bertz CT molecular complexity index is 1070. The number of nitrogens with one attached hydrogen (secondary N) is 1. The molecule has 2 N–H and O–H groups in total. The summed E-state index contributed by atoms with van der Waals surface area (Å²) in [7, 11) is 1.46. The van der Waals surface area contributed by atoms with Gasteiger partial charge in [0, 0.05) is 38.6 Å². The molecule has 4 rings (SSSR count). The molecular weight excluding hydrogens is 494 g/mol. The minimum Gasteiger partial charge on any atom is -0.443 e. The van der Waals surface area contributed by atoms with Crippen LogP contribution >= 0.6 is 11.6 Å². The molecule has 2 aromatic heterocycles. The molecule has 0 saturated heterocycles. The van der Waals surface area contributed by atoms with Crippen LogP contribution in [0.2, 0.25) is 5.15 Å². The maximum Gasteiger partial charge on any atom is 0.414 e. The van der Waals surface area contributed by atoms with E-state index in [9.17, 15) is 4.79 Å². The molecule has 2 aromatic rings. The zero-order valence-corrected chi connectivity index (χ0v) is 23.7. The van der Waals surface area contributed by atoms with E-state index in [-0.39, 0.29) is 6.09 Å². The topological polar surface area (TPSA) is 102 Å². The number of aromatic nitrogens is 3. The zero-order chi connectivity index (χ0) is 27.2. The second-order valence-electron chi connectivity index (χ2n) is 11.3. The summed E-state index contributed by atoms with van der Waals surface area (Å²) in [5, 5.41) is 13.7. The van der Waals surface area contributed by atoms with Gasteiger partial charge in [0.25, 0.3) is 0 Å². The van der Waals surface area contributed by atoms with Gasteiger partial charge < -0.3 is 24.5 Å². The first-order valence-corrected chi connectivity index (χ1v) is 13.4. The molecule has 1 saturated carbocycles. The fourth-order valence-corrected chi connectivity index (χ4v) is 4.77. The minimum atomic E-state index is -0.958. The van der Waals surface area contributed by atoms with Gasteiger partial charge in [-0.15, -0.1) is 0 Å². The Balaban J connectivity index is 0.000000568. The van der Waals surface area contributed by atoms with E-state index in [0.29, 0.717) is 17.1 Å². The van der Waals surface area contributed by atoms with Crippen LogP contribution in [0.25, 0.3) is 11.0 Å². The number of ether oxygens (including phenoxy) is 2. The summed E-state index contributed by atoms with van der Waals surface area (Å²) in [6.45, 7) is 11.4. The average molecular weight is 536 g/mol. The summed E-state index contributed by atoms with van der Waals surface area (Å²) in [6, 6.07) is 2.46. The van der Waals surface area contributed by atoms with Crippen molar-refractivity contribution in [2.75, 3.05) is 26.7 Å². The molecule has 3 heterocycles. The van der Waals surface area contributed by atoms with Crippen LogP contribution in [-0.4, -0.2) is 68.8 Å². The Morgan fingerprint density at radius 1 is 1.24 bits per heavy atom. The van der Waals surface area contributed by atoms with Crippen LogP contribution in [0.4, 0.5) is 4.79 Å². The van der Waals surface area contributed by atoms with Crippen molar-refractivity contribution < 1.29 is 19.4 Å². The maximum atomic E-state index is 12.3. The second kappa shape index (κ2) is 12.6. The van der Waals surface area contributed by atoms with E-state index in [4.69, 9.17) is 21.4 Å². The van der Waals surface area contributed by atoms with E-state index in [1.54, 1.807) is 18.7 Å². The normalized spacial score (nSPS) is 20.4. The SMILES string of the molecule is CC(C)(C)OC(=O)N1C=C(CNC[C@@H]2CC[C@H](n3ccc4c(Cl)ncnc43)C2)CCC1.COC(C)(C)O. The van der Waals surface area contributed by atoms with E-state index < -0.39 is 11.4 Å². The molecule has 10 heteroatoms. The number of carbonyl (C=O) groups excluding carboxylic acids is 1. The summed E-state index contributed by atoms with van der Waals surface area (Å²) < 4.78 is 12.2. The molecule has 1 aliphatic heterocycles. The van der Waals surface area contributed by atoms with Crippen LogP contribution in [0.15, 0.2) is 30.4 Å². The smallest absolute Gasteiger partial charge is 0.414 e. The molecule has 0 aromatic carbocycles. The average Bonchev–Trinajstić information content (AvgIpc) is 3.46. The number of hydrogen-bond donors (Lipinski definition) is 2. The first-order chi connectivity index (χ1) is 17.4. The molecule has 206 valence electrons. The largest absolute Gasteiger partial charge is 0.443 e. The quantitative estimate of drug-likeness (QED) is 0.382. The van der Waals surface area contributed by atoms with Crippen LogP contribution in [0.3, 0.4) is 0 Å². The molecule has 1 aliphatic carbocycles. The number of amides is 1. The summed E-state index contributed by atoms with van der Waals surface area (Å²) in [5.74, 6) is -0.328. The van der Waals surface area contributed by atoms with E-state index in [1.807, 2.05) is 33.0 Å². The Hall–Kier alpha value is -2.20. The van der Waals surface area contributed by atoms with Crippen molar-refractivity contribution in [1.29, 1.82) is 0 Å². The highest BCUT2D eigenvalue weighted by Gasteiger charge is 2.27. The Morgan fingerprint density at radius 3 is 2.65 bits per heavy atom. The Labute approximate surface area is 225 Å². The molecule has 1 fully saturated rings. The van der Waals surface area contributed by atoms with E-state index in [1.165, 1.54) is 25.4 Å². The number of halogens is 1. The summed E-state index contributed by atoms with van der Waals surface area (Å²) in [5.41, 5.74) is 1.71.